The van der Waals surface area contributed by atoms with Crippen LogP contribution in [0.3, 0.4) is 0 Å². The van der Waals surface area contributed by atoms with E-state index in [0.717, 1.165) is 77.0 Å². The van der Waals surface area contributed by atoms with Gasteiger partial charge in [-0.3, -0.25) is 14.4 Å². The largest absolute Gasteiger partial charge is 0.462 e. The molecule has 0 saturated heterocycles. The number of esters is 3. The number of rotatable bonds is 57. The van der Waals surface area contributed by atoms with Crippen molar-refractivity contribution >= 4 is 17.9 Å². The third kappa shape index (κ3) is 61.1. The van der Waals surface area contributed by atoms with Crippen LogP contribution in [0.25, 0.3) is 0 Å². The van der Waals surface area contributed by atoms with Crippen LogP contribution in [0.1, 0.15) is 303 Å². The molecule has 0 aromatic carbocycles. The molecule has 6 nitrogen and oxygen atoms in total. The Bertz CT molecular complexity index is 1480. The molecule has 430 valence electrons. The number of allylic oxidation sites excluding steroid dienone is 16. The molecule has 0 amide bonds. The fraction of sp³-hybridized carbons (Fsp3) is 0.725. The lowest BCUT2D eigenvalue weighted by Gasteiger charge is -2.18. The molecule has 0 saturated carbocycles. The van der Waals surface area contributed by atoms with Crippen molar-refractivity contribution in [2.45, 2.75) is 309 Å². The monoisotopic (exact) mass is 1040 g/mol. The lowest BCUT2D eigenvalue weighted by Crippen LogP contribution is -2.30. The van der Waals surface area contributed by atoms with Crippen molar-refractivity contribution in [2.75, 3.05) is 13.2 Å². The highest BCUT2D eigenvalue weighted by Gasteiger charge is 2.19. The van der Waals surface area contributed by atoms with Gasteiger partial charge in [-0.1, -0.05) is 298 Å². The van der Waals surface area contributed by atoms with Crippen LogP contribution >= 0.6 is 0 Å². The second-order valence-corrected chi connectivity index (χ2v) is 21.0. The van der Waals surface area contributed by atoms with Crippen molar-refractivity contribution in [3.63, 3.8) is 0 Å². The van der Waals surface area contributed by atoms with E-state index in [1.165, 1.54) is 180 Å². The van der Waals surface area contributed by atoms with Crippen molar-refractivity contribution in [1.29, 1.82) is 0 Å². The molecule has 0 aliphatic carbocycles. The van der Waals surface area contributed by atoms with Gasteiger partial charge in [0.05, 0.1) is 0 Å². The molecule has 0 fully saturated rings. The molecule has 0 aromatic rings. The molecule has 0 heterocycles. The summed E-state index contributed by atoms with van der Waals surface area (Å²) in [5.41, 5.74) is 0. The summed E-state index contributed by atoms with van der Waals surface area (Å²) in [7, 11) is 0. The maximum absolute atomic E-state index is 12.9. The first-order valence-corrected chi connectivity index (χ1v) is 31.8. The summed E-state index contributed by atoms with van der Waals surface area (Å²) in [6, 6.07) is 0. The highest BCUT2D eigenvalue weighted by Crippen LogP contribution is 2.17. The van der Waals surface area contributed by atoms with Crippen molar-refractivity contribution < 1.29 is 28.6 Å². The first-order valence-electron chi connectivity index (χ1n) is 31.8. The van der Waals surface area contributed by atoms with Crippen molar-refractivity contribution in [2.24, 2.45) is 0 Å². The van der Waals surface area contributed by atoms with E-state index in [1.807, 2.05) is 6.08 Å². The Labute approximate surface area is 464 Å². The Balaban J connectivity index is 4.47. The second-order valence-electron chi connectivity index (χ2n) is 21.0. The predicted molar refractivity (Wildman–Crippen MR) is 325 cm³/mol. The van der Waals surface area contributed by atoms with Gasteiger partial charge < -0.3 is 14.2 Å². The minimum absolute atomic E-state index is 0.0998. The molecule has 0 spiro atoms. The van der Waals surface area contributed by atoms with E-state index in [1.54, 1.807) is 0 Å². The maximum Gasteiger partial charge on any atom is 0.306 e. The Morgan fingerprint density at radius 3 is 0.973 bits per heavy atom. The van der Waals surface area contributed by atoms with Crippen LogP contribution in [0.5, 0.6) is 0 Å². The fourth-order valence-corrected chi connectivity index (χ4v) is 8.87. The van der Waals surface area contributed by atoms with Crippen molar-refractivity contribution in [1.82, 2.24) is 0 Å². The zero-order valence-electron chi connectivity index (χ0n) is 49.3. The van der Waals surface area contributed by atoms with Gasteiger partial charge in [-0.05, 0) is 83.5 Å². The summed E-state index contributed by atoms with van der Waals surface area (Å²) >= 11 is 0. The number of carbonyl (C=O) groups is 3. The van der Waals surface area contributed by atoms with Gasteiger partial charge in [0.15, 0.2) is 6.10 Å². The van der Waals surface area contributed by atoms with Crippen LogP contribution in [-0.4, -0.2) is 37.2 Å². The van der Waals surface area contributed by atoms with Crippen molar-refractivity contribution in [3.8, 4) is 0 Å². The molecule has 0 aromatic heterocycles. The fourth-order valence-electron chi connectivity index (χ4n) is 8.87. The third-order valence-electron chi connectivity index (χ3n) is 13.6. The molecule has 0 bridgehead atoms. The molecule has 0 aliphatic rings. The summed E-state index contributed by atoms with van der Waals surface area (Å²) in [5.74, 6) is -0.980. The summed E-state index contributed by atoms with van der Waals surface area (Å²) < 4.78 is 16.9. The van der Waals surface area contributed by atoms with Crippen LogP contribution in [0.4, 0.5) is 0 Å². The maximum atomic E-state index is 12.9. The molecule has 0 aliphatic heterocycles. The normalized spacial score (nSPS) is 12.7. The summed E-state index contributed by atoms with van der Waals surface area (Å²) in [4.78, 5) is 38.3. The van der Waals surface area contributed by atoms with Gasteiger partial charge in [0.2, 0.25) is 0 Å². The van der Waals surface area contributed by atoms with Gasteiger partial charge in [-0.15, -0.1) is 0 Å². The molecule has 75 heavy (non-hydrogen) atoms. The molecule has 1 atom stereocenters. The smallest absolute Gasteiger partial charge is 0.306 e. The Kier molecular flexibility index (Phi) is 59.8. The minimum Gasteiger partial charge on any atom is -0.462 e. The molecule has 1 unspecified atom stereocenters. The van der Waals surface area contributed by atoms with E-state index in [-0.39, 0.29) is 37.5 Å². The van der Waals surface area contributed by atoms with Gasteiger partial charge >= 0.3 is 17.9 Å². The Hall–Kier alpha value is -3.67. The second kappa shape index (κ2) is 62.9. The lowest BCUT2D eigenvalue weighted by atomic mass is 10.0. The topological polar surface area (TPSA) is 78.9 Å². The highest BCUT2D eigenvalue weighted by atomic mass is 16.6. The quantitative estimate of drug-likeness (QED) is 0.0199. The van der Waals surface area contributed by atoms with E-state index >= 15 is 0 Å². The van der Waals surface area contributed by atoms with E-state index in [2.05, 4.69) is 112 Å². The molecule has 0 rings (SSSR count). The number of hydrogen-bond acceptors (Lipinski definition) is 6. The lowest BCUT2D eigenvalue weighted by molar-refractivity contribution is -0.166. The van der Waals surface area contributed by atoms with E-state index < -0.39 is 6.10 Å². The van der Waals surface area contributed by atoms with Gasteiger partial charge in [-0.25, -0.2) is 0 Å². The van der Waals surface area contributed by atoms with Crippen LogP contribution in [0.15, 0.2) is 97.2 Å². The van der Waals surface area contributed by atoms with Crippen molar-refractivity contribution in [3.05, 3.63) is 97.2 Å². The van der Waals surface area contributed by atoms with Gasteiger partial charge in [0.25, 0.3) is 0 Å². The summed E-state index contributed by atoms with van der Waals surface area (Å²) in [6.45, 7) is 6.47. The van der Waals surface area contributed by atoms with E-state index in [0.29, 0.717) is 19.3 Å². The minimum atomic E-state index is -0.811. The SMILES string of the molecule is CC/C=C\C/C=C\C/C=C\C/C=C\C/C=C\C/C=C\CCC(=O)OCC(COC(=O)CCCCCCCCCCCCCCCCCCCCC)OC(=O)CCCCCCCCCCCC/C=C\C=C/CCCCC. The van der Waals surface area contributed by atoms with Gasteiger partial charge in [-0.2, -0.15) is 0 Å². The first kappa shape index (κ1) is 71.3. The van der Waals surface area contributed by atoms with Gasteiger partial charge in [0, 0.05) is 19.3 Å². The van der Waals surface area contributed by atoms with Crippen LogP contribution in [-0.2, 0) is 28.6 Å². The average Bonchev–Trinajstić information content (AvgIpc) is 3.41. The molecular formula is C69H118O6. The van der Waals surface area contributed by atoms with E-state index in [4.69, 9.17) is 14.2 Å². The highest BCUT2D eigenvalue weighted by molar-refractivity contribution is 5.71. The van der Waals surface area contributed by atoms with Crippen LogP contribution in [0, 0.1) is 0 Å². The average molecular weight is 1040 g/mol. The predicted octanol–water partition coefficient (Wildman–Crippen LogP) is 21.7. The summed E-state index contributed by atoms with van der Waals surface area (Å²) in [6.07, 6.45) is 84.2. The Morgan fingerprint density at radius 2 is 0.587 bits per heavy atom. The number of carbonyl (C=O) groups excluding carboxylic acids is 3. The number of hydrogen-bond donors (Lipinski definition) is 0. The first-order chi connectivity index (χ1) is 37.0. The summed E-state index contributed by atoms with van der Waals surface area (Å²) in [5, 5.41) is 0. The zero-order chi connectivity index (χ0) is 54.3. The van der Waals surface area contributed by atoms with Crippen LogP contribution < -0.4 is 0 Å². The molecular weight excluding hydrogens is 925 g/mol. The Morgan fingerprint density at radius 1 is 0.293 bits per heavy atom. The third-order valence-corrected chi connectivity index (χ3v) is 13.6. The standard InChI is InChI=1S/C69H118O6/c1-4-7-10-13-16-19-22-25-28-31-34-37-40-43-46-49-52-55-58-61-67(70)73-64-66(75-69(72)63-60-57-54-51-48-45-42-39-36-33-30-27-24-21-18-15-12-9-6-3)65-74-68(71)62-59-56-53-50-47-44-41-38-35-32-29-26-23-20-17-14-11-8-5-2/h7,10,16,18-19,21,24-25,27-28,34,37,43,46,52,55,66H,4-6,8-9,11-15,17,20,22-23,26,29-33,35-36,38-42,44-45,47-51,53-54,56-65H2,1-3H3/b10-7-,19-16-,21-18-,27-24-,28-25-,37-34-,46-43-,55-52-. The van der Waals surface area contributed by atoms with Gasteiger partial charge in [0.1, 0.15) is 13.2 Å². The van der Waals surface area contributed by atoms with E-state index in [9.17, 15) is 14.4 Å². The molecule has 6 heteroatoms. The molecule has 0 N–H and O–H groups in total. The van der Waals surface area contributed by atoms with Crippen LogP contribution in [0.2, 0.25) is 0 Å². The zero-order valence-corrected chi connectivity index (χ0v) is 49.3. The molecule has 0 radical (unpaired) electrons. The number of ether oxygens (including phenoxy) is 3. The number of unbranched alkanes of at least 4 members (excludes halogenated alkanes) is 31.